The van der Waals surface area contributed by atoms with Crippen molar-refractivity contribution in [1.29, 1.82) is 0 Å². The van der Waals surface area contributed by atoms with Crippen LogP contribution in [0, 0.1) is 0 Å². The number of rotatable bonds is 1. The van der Waals surface area contributed by atoms with Crippen LogP contribution in [0.5, 0.6) is 0 Å². The van der Waals surface area contributed by atoms with Crippen LogP contribution < -0.4 is 0 Å². The molecule has 6 heavy (non-hydrogen) atoms. The summed E-state index contributed by atoms with van der Waals surface area (Å²) in [4.78, 5) is 9.57. The SMILES string of the molecule is O=C(Cl)OCP. The van der Waals surface area contributed by atoms with Gasteiger partial charge in [0.15, 0.2) is 0 Å². The van der Waals surface area contributed by atoms with Gasteiger partial charge >= 0.3 is 5.43 Å². The van der Waals surface area contributed by atoms with Crippen LogP contribution in [-0.4, -0.2) is 11.8 Å². The number of hydrogen-bond acceptors (Lipinski definition) is 2. The molecule has 0 saturated heterocycles. The van der Waals surface area contributed by atoms with Crippen LogP contribution in [0.2, 0.25) is 0 Å². The van der Waals surface area contributed by atoms with E-state index in [4.69, 9.17) is 11.6 Å². The fraction of sp³-hybridized carbons (Fsp3) is 0.500. The minimum absolute atomic E-state index is 0.266. The number of carbonyl (C=O) groups is 1. The summed E-state index contributed by atoms with van der Waals surface area (Å²) in [5.41, 5.74) is -0.759. The second-order valence-electron chi connectivity index (χ2n) is 0.549. The molecule has 0 aromatic heterocycles. The lowest BCUT2D eigenvalue weighted by molar-refractivity contribution is 0.193. The molecule has 0 spiro atoms. The Morgan fingerprint density at radius 1 is 2.00 bits per heavy atom. The summed E-state index contributed by atoms with van der Waals surface area (Å²) in [7, 11) is 2.20. The van der Waals surface area contributed by atoms with Crippen molar-refractivity contribution in [2.24, 2.45) is 0 Å². The third-order valence-corrected chi connectivity index (χ3v) is 0.473. The quantitative estimate of drug-likeness (QED) is 0.390. The molecule has 0 aromatic rings. The predicted molar refractivity (Wildman–Crippen MR) is 26.9 cm³/mol. The molecule has 36 valence electrons. The molecule has 0 rings (SSSR count). The molecular formula is C2H4ClO2P. The largest absolute Gasteiger partial charge is 0.450 e. The number of ether oxygens (including phenoxy) is 1. The van der Waals surface area contributed by atoms with Crippen molar-refractivity contribution in [3.63, 3.8) is 0 Å². The van der Waals surface area contributed by atoms with Crippen LogP contribution >= 0.6 is 20.8 Å². The zero-order chi connectivity index (χ0) is 4.99. The maximum absolute atomic E-state index is 9.57. The van der Waals surface area contributed by atoms with E-state index in [2.05, 4.69) is 14.0 Å². The molecule has 0 aliphatic heterocycles. The van der Waals surface area contributed by atoms with E-state index in [0.29, 0.717) is 0 Å². The van der Waals surface area contributed by atoms with E-state index in [0.717, 1.165) is 0 Å². The van der Waals surface area contributed by atoms with Crippen molar-refractivity contribution in [3.05, 3.63) is 0 Å². The molecule has 1 atom stereocenters. The Morgan fingerprint density at radius 3 is 2.50 bits per heavy atom. The normalized spacial score (nSPS) is 7.67. The van der Waals surface area contributed by atoms with Gasteiger partial charge in [0.25, 0.3) is 0 Å². The average Bonchev–Trinajstić information content (AvgIpc) is 1.35. The summed E-state index contributed by atoms with van der Waals surface area (Å²) in [5, 5.41) is 0. The first-order chi connectivity index (χ1) is 2.77. The topological polar surface area (TPSA) is 26.3 Å². The summed E-state index contributed by atoms with van der Waals surface area (Å²) in [5.74, 6) is 0. The monoisotopic (exact) mass is 126 g/mol. The summed E-state index contributed by atoms with van der Waals surface area (Å²) in [6, 6.07) is 0. The predicted octanol–water partition coefficient (Wildman–Crippen LogP) is 1.19. The minimum Gasteiger partial charge on any atom is -0.450 e. The molecule has 4 heteroatoms. The van der Waals surface area contributed by atoms with Gasteiger partial charge in [-0.3, -0.25) is 0 Å². The third-order valence-electron chi connectivity index (χ3n) is 0.197. The van der Waals surface area contributed by atoms with E-state index < -0.39 is 5.43 Å². The Kier molecular flexibility index (Phi) is 3.49. The first-order valence-electron chi connectivity index (χ1n) is 1.29. The van der Waals surface area contributed by atoms with Gasteiger partial charge in [0.1, 0.15) is 6.35 Å². The Labute approximate surface area is 43.0 Å². The van der Waals surface area contributed by atoms with Crippen molar-refractivity contribution in [2.75, 3.05) is 6.35 Å². The van der Waals surface area contributed by atoms with Gasteiger partial charge in [-0.05, 0) is 0 Å². The van der Waals surface area contributed by atoms with E-state index >= 15 is 0 Å². The van der Waals surface area contributed by atoms with Crippen LogP contribution in [0.4, 0.5) is 4.79 Å². The fourth-order valence-corrected chi connectivity index (χ4v) is 0.386. The molecule has 0 aliphatic carbocycles. The van der Waals surface area contributed by atoms with Crippen molar-refractivity contribution >= 4 is 26.3 Å². The highest BCUT2D eigenvalue weighted by atomic mass is 35.5. The number of hydrogen-bond donors (Lipinski definition) is 0. The molecule has 0 aliphatic rings. The van der Waals surface area contributed by atoms with Crippen LogP contribution in [0.3, 0.4) is 0 Å². The molecule has 1 unspecified atom stereocenters. The maximum atomic E-state index is 9.57. The van der Waals surface area contributed by atoms with E-state index in [1.165, 1.54) is 0 Å². The molecule has 2 nitrogen and oxygen atoms in total. The molecule has 0 saturated carbocycles. The van der Waals surface area contributed by atoms with Gasteiger partial charge in [-0.1, -0.05) is 9.24 Å². The van der Waals surface area contributed by atoms with Gasteiger partial charge < -0.3 is 4.74 Å². The highest BCUT2D eigenvalue weighted by Gasteiger charge is 1.86. The molecule has 0 amide bonds. The van der Waals surface area contributed by atoms with Crippen molar-refractivity contribution in [3.8, 4) is 0 Å². The zero-order valence-electron chi connectivity index (χ0n) is 2.98. The smallest absolute Gasteiger partial charge is 0.404 e. The summed E-state index contributed by atoms with van der Waals surface area (Å²) < 4.78 is 4.13. The van der Waals surface area contributed by atoms with Crippen LogP contribution in [-0.2, 0) is 4.74 Å². The highest BCUT2D eigenvalue weighted by Crippen LogP contribution is 1.88. The van der Waals surface area contributed by atoms with Gasteiger partial charge in [0.2, 0.25) is 0 Å². The lowest BCUT2D eigenvalue weighted by atomic mass is 11.5. The standard InChI is InChI=1S/C2H4ClO2P/c3-2(4)5-1-6/h1,6H2. The summed E-state index contributed by atoms with van der Waals surface area (Å²) in [6.45, 7) is 0. The van der Waals surface area contributed by atoms with E-state index in [9.17, 15) is 4.79 Å². The Hall–Kier alpha value is 0.190. The Bertz CT molecular complexity index is 55.5. The first-order valence-corrected chi connectivity index (χ1v) is 2.49. The van der Waals surface area contributed by atoms with Gasteiger partial charge in [-0.15, -0.1) is 0 Å². The molecule has 0 aromatic carbocycles. The van der Waals surface area contributed by atoms with Crippen LogP contribution in [0.25, 0.3) is 0 Å². The van der Waals surface area contributed by atoms with Gasteiger partial charge in [0, 0.05) is 11.6 Å². The lowest BCUT2D eigenvalue weighted by Crippen LogP contribution is -1.86. The van der Waals surface area contributed by atoms with E-state index in [-0.39, 0.29) is 6.35 Å². The molecule has 0 N–H and O–H groups in total. The third kappa shape index (κ3) is 4.19. The molecular weight excluding hydrogens is 122 g/mol. The van der Waals surface area contributed by atoms with Gasteiger partial charge in [-0.2, -0.15) is 0 Å². The van der Waals surface area contributed by atoms with Gasteiger partial charge in [0.05, 0.1) is 0 Å². The van der Waals surface area contributed by atoms with Crippen LogP contribution in [0.1, 0.15) is 0 Å². The van der Waals surface area contributed by atoms with E-state index in [1.807, 2.05) is 0 Å². The van der Waals surface area contributed by atoms with Crippen molar-refractivity contribution in [2.45, 2.75) is 0 Å². The van der Waals surface area contributed by atoms with Crippen molar-refractivity contribution < 1.29 is 9.53 Å². The van der Waals surface area contributed by atoms with E-state index in [1.54, 1.807) is 0 Å². The second kappa shape index (κ2) is 3.38. The second-order valence-corrected chi connectivity index (χ2v) is 1.19. The molecule has 0 fully saturated rings. The number of halogens is 1. The summed E-state index contributed by atoms with van der Waals surface area (Å²) >= 11 is 4.70. The molecule has 0 heterocycles. The number of carbonyl (C=O) groups excluding carboxylic acids is 1. The van der Waals surface area contributed by atoms with Crippen LogP contribution in [0.15, 0.2) is 0 Å². The zero-order valence-corrected chi connectivity index (χ0v) is 4.89. The maximum Gasteiger partial charge on any atom is 0.404 e. The van der Waals surface area contributed by atoms with Crippen molar-refractivity contribution in [1.82, 2.24) is 0 Å². The Balaban J connectivity index is 2.83. The lowest BCUT2D eigenvalue weighted by Gasteiger charge is -1.86. The van der Waals surface area contributed by atoms with Gasteiger partial charge in [-0.25, -0.2) is 4.79 Å². The molecule has 0 bridgehead atoms. The Morgan fingerprint density at radius 2 is 2.50 bits per heavy atom. The average molecular weight is 126 g/mol. The minimum atomic E-state index is -0.759. The summed E-state index contributed by atoms with van der Waals surface area (Å²) in [6.07, 6.45) is 0.266. The highest BCUT2D eigenvalue weighted by molar-refractivity contribution is 7.16. The fourth-order valence-electron chi connectivity index (χ4n) is 0.0655. The first kappa shape index (κ1) is 6.19. The molecule has 0 radical (unpaired) electrons.